The number of rotatable bonds is 6. The van der Waals surface area contributed by atoms with E-state index in [4.69, 9.17) is 18.9 Å². The van der Waals surface area contributed by atoms with Gasteiger partial charge < -0.3 is 18.9 Å². The van der Waals surface area contributed by atoms with Crippen LogP contribution in [0.15, 0.2) is 0 Å². The van der Waals surface area contributed by atoms with Gasteiger partial charge in [-0.15, -0.1) is 0 Å². The normalized spacial score (nSPS) is 47.3. The van der Waals surface area contributed by atoms with Gasteiger partial charge in [-0.05, 0) is 80.5 Å². The molecule has 1 heterocycles. The standard InChI is InChI=1S/C29H44O7/c1-16(7-8-25(32)33-6)29-24(36-29)15-22-26-21(10-12-28(22,29)5)27(4)11-9-20(34-17(2)30)13-19(27)14-23(26)35-18(3)31/h16,19-24,26H,7-15H2,1-6H3/t16-,19+,20-,21+,22+,23-,24-,26-,27+,28+,29-/m1/s1. The highest BCUT2D eigenvalue weighted by Gasteiger charge is 2.79. The van der Waals surface area contributed by atoms with Crippen LogP contribution in [0.5, 0.6) is 0 Å². The molecule has 7 heteroatoms. The van der Waals surface area contributed by atoms with Gasteiger partial charge in [0.15, 0.2) is 0 Å². The zero-order valence-corrected chi connectivity index (χ0v) is 22.8. The SMILES string of the molecule is COC(=O)CC[C@@H](C)[C@@]12O[C@@H]1C[C@H]1[C@@H]3[C@H](OC(C)=O)C[C@@H]4C[C@H](OC(C)=O)CC[C@]4(C)[C@H]3CC[C@@]12C. The van der Waals surface area contributed by atoms with Crippen molar-refractivity contribution in [2.75, 3.05) is 7.11 Å². The van der Waals surface area contributed by atoms with Gasteiger partial charge in [0.05, 0.1) is 13.2 Å². The largest absolute Gasteiger partial charge is 0.469 e. The lowest BCUT2D eigenvalue weighted by atomic mass is 9.43. The van der Waals surface area contributed by atoms with E-state index in [0.717, 1.165) is 51.4 Å². The summed E-state index contributed by atoms with van der Waals surface area (Å²) in [4.78, 5) is 35.8. The molecular weight excluding hydrogens is 460 g/mol. The Bertz CT molecular complexity index is 917. The average Bonchev–Trinajstić information content (AvgIpc) is 3.49. The number of methoxy groups -OCH3 is 1. The molecule has 4 saturated carbocycles. The second-order valence-electron chi connectivity index (χ2n) is 13.0. The highest BCUT2D eigenvalue weighted by atomic mass is 16.6. The summed E-state index contributed by atoms with van der Waals surface area (Å²) in [5.74, 6) is 1.31. The third-order valence-electron chi connectivity index (χ3n) is 11.5. The number of ether oxygens (including phenoxy) is 4. The summed E-state index contributed by atoms with van der Waals surface area (Å²) in [6, 6.07) is 0. The van der Waals surface area contributed by atoms with Crippen LogP contribution < -0.4 is 0 Å². The Kier molecular flexibility index (Phi) is 6.49. The number of hydrogen-bond acceptors (Lipinski definition) is 7. The molecule has 1 saturated heterocycles. The minimum atomic E-state index is -0.209. The number of fused-ring (bicyclic) bond motifs is 7. The lowest BCUT2D eigenvalue weighted by Gasteiger charge is -2.63. The third kappa shape index (κ3) is 3.82. The molecule has 5 rings (SSSR count). The molecule has 1 aliphatic heterocycles. The van der Waals surface area contributed by atoms with Crippen LogP contribution >= 0.6 is 0 Å². The Morgan fingerprint density at radius 1 is 0.972 bits per heavy atom. The van der Waals surface area contributed by atoms with E-state index >= 15 is 0 Å². The summed E-state index contributed by atoms with van der Waals surface area (Å²) in [6.45, 7) is 10.1. The highest BCUT2D eigenvalue weighted by molar-refractivity contribution is 5.69. The highest BCUT2D eigenvalue weighted by Crippen LogP contribution is 2.75. The molecule has 202 valence electrons. The number of esters is 3. The molecule has 5 fully saturated rings. The molecule has 0 spiro atoms. The first kappa shape index (κ1) is 26.0. The van der Waals surface area contributed by atoms with Crippen molar-refractivity contribution in [2.24, 2.45) is 40.4 Å². The van der Waals surface area contributed by atoms with Gasteiger partial charge in [0.25, 0.3) is 0 Å². The molecule has 5 aliphatic rings. The van der Waals surface area contributed by atoms with Crippen molar-refractivity contribution in [1.29, 1.82) is 0 Å². The van der Waals surface area contributed by atoms with E-state index < -0.39 is 0 Å². The van der Waals surface area contributed by atoms with Crippen LogP contribution in [0.25, 0.3) is 0 Å². The van der Waals surface area contributed by atoms with Crippen molar-refractivity contribution in [3.05, 3.63) is 0 Å². The maximum Gasteiger partial charge on any atom is 0.305 e. The Balaban J connectivity index is 1.41. The molecule has 36 heavy (non-hydrogen) atoms. The summed E-state index contributed by atoms with van der Waals surface area (Å²) >= 11 is 0. The van der Waals surface area contributed by atoms with Crippen molar-refractivity contribution >= 4 is 17.9 Å². The number of carbonyl (C=O) groups excluding carboxylic acids is 3. The van der Waals surface area contributed by atoms with Gasteiger partial charge in [-0.3, -0.25) is 14.4 Å². The zero-order valence-electron chi connectivity index (χ0n) is 22.8. The lowest BCUT2D eigenvalue weighted by Crippen LogP contribution is -2.61. The van der Waals surface area contributed by atoms with E-state index in [-0.39, 0.29) is 58.6 Å². The smallest absolute Gasteiger partial charge is 0.305 e. The van der Waals surface area contributed by atoms with Crippen LogP contribution in [0.3, 0.4) is 0 Å². The van der Waals surface area contributed by atoms with Crippen LogP contribution in [0.1, 0.15) is 92.4 Å². The number of epoxide rings is 1. The minimum absolute atomic E-state index is 0.00487. The Hall–Kier alpha value is -1.63. The molecule has 0 aromatic carbocycles. The zero-order chi connectivity index (χ0) is 26.0. The second kappa shape index (κ2) is 8.99. The molecule has 0 aromatic rings. The molecule has 0 aromatic heterocycles. The fraction of sp³-hybridized carbons (Fsp3) is 0.897. The summed E-state index contributed by atoms with van der Waals surface area (Å²) in [6.07, 6.45) is 8.15. The number of carbonyl (C=O) groups is 3. The van der Waals surface area contributed by atoms with Crippen molar-refractivity contribution < 1.29 is 33.3 Å². The van der Waals surface area contributed by atoms with Crippen molar-refractivity contribution in [3.8, 4) is 0 Å². The summed E-state index contributed by atoms with van der Waals surface area (Å²) in [5, 5.41) is 0. The first-order chi connectivity index (χ1) is 17.0. The van der Waals surface area contributed by atoms with E-state index in [9.17, 15) is 14.4 Å². The third-order valence-corrected chi connectivity index (χ3v) is 11.5. The molecule has 7 nitrogen and oxygen atoms in total. The molecule has 0 radical (unpaired) electrons. The Morgan fingerprint density at radius 3 is 2.36 bits per heavy atom. The maximum absolute atomic E-state index is 12.3. The molecule has 0 bridgehead atoms. The summed E-state index contributed by atoms with van der Waals surface area (Å²) in [7, 11) is 1.45. The maximum atomic E-state index is 12.3. The quantitative estimate of drug-likeness (QED) is 0.290. The molecular formula is C29H44O7. The van der Waals surface area contributed by atoms with Gasteiger partial charge in [0.2, 0.25) is 0 Å². The second-order valence-corrected chi connectivity index (χ2v) is 13.0. The lowest BCUT2D eigenvalue weighted by molar-refractivity contribution is -0.204. The average molecular weight is 505 g/mol. The predicted octanol–water partition coefficient (Wildman–Crippen LogP) is 4.84. The van der Waals surface area contributed by atoms with Gasteiger partial charge in [-0.25, -0.2) is 0 Å². The topological polar surface area (TPSA) is 91.4 Å². The summed E-state index contributed by atoms with van der Waals surface area (Å²) < 4.78 is 23.2. The monoisotopic (exact) mass is 504 g/mol. The van der Waals surface area contributed by atoms with Gasteiger partial charge in [0, 0.05) is 31.6 Å². The Labute approximate surface area is 215 Å². The molecule has 0 amide bonds. The predicted molar refractivity (Wildman–Crippen MR) is 132 cm³/mol. The molecule has 0 unspecified atom stereocenters. The van der Waals surface area contributed by atoms with Gasteiger partial charge in [-0.2, -0.15) is 0 Å². The first-order valence-electron chi connectivity index (χ1n) is 14.0. The van der Waals surface area contributed by atoms with Crippen molar-refractivity contribution in [3.63, 3.8) is 0 Å². The molecule has 0 N–H and O–H groups in total. The first-order valence-corrected chi connectivity index (χ1v) is 14.0. The van der Waals surface area contributed by atoms with Crippen molar-refractivity contribution in [2.45, 2.75) is 116 Å². The molecule has 11 atom stereocenters. The van der Waals surface area contributed by atoms with E-state index in [1.165, 1.54) is 21.0 Å². The fourth-order valence-electron chi connectivity index (χ4n) is 9.89. The van der Waals surface area contributed by atoms with Gasteiger partial charge in [-0.1, -0.05) is 20.8 Å². The number of hydrogen-bond donors (Lipinski definition) is 0. The van der Waals surface area contributed by atoms with E-state index in [0.29, 0.717) is 30.1 Å². The van der Waals surface area contributed by atoms with Crippen LogP contribution in [-0.2, 0) is 33.3 Å². The van der Waals surface area contributed by atoms with Crippen LogP contribution in [0, 0.1) is 40.4 Å². The van der Waals surface area contributed by atoms with Gasteiger partial charge in [0.1, 0.15) is 17.8 Å². The Morgan fingerprint density at radius 2 is 1.69 bits per heavy atom. The fourth-order valence-corrected chi connectivity index (χ4v) is 9.89. The summed E-state index contributed by atoms with van der Waals surface area (Å²) in [5.41, 5.74) is -0.0241. The minimum Gasteiger partial charge on any atom is -0.469 e. The van der Waals surface area contributed by atoms with Crippen molar-refractivity contribution in [1.82, 2.24) is 0 Å². The van der Waals surface area contributed by atoms with Crippen LogP contribution in [0.2, 0.25) is 0 Å². The van der Waals surface area contributed by atoms with E-state index in [1.54, 1.807) is 0 Å². The van der Waals surface area contributed by atoms with E-state index in [2.05, 4.69) is 20.8 Å². The van der Waals surface area contributed by atoms with Gasteiger partial charge >= 0.3 is 17.9 Å². The molecule has 4 aliphatic carbocycles. The van der Waals surface area contributed by atoms with Crippen LogP contribution in [-0.4, -0.2) is 48.9 Å². The van der Waals surface area contributed by atoms with E-state index in [1.807, 2.05) is 0 Å². The van der Waals surface area contributed by atoms with Crippen LogP contribution in [0.4, 0.5) is 0 Å².